The number of fused-ring (bicyclic) bond motifs is 2. The Morgan fingerprint density at radius 3 is 2.50 bits per heavy atom. The van der Waals surface area contributed by atoms with Crippen LogP contribution in [-0.4, -0.2) is 42.1 Å². The van der Waals surface area contributed by atoms with Gasteiger partial charge in [0.05, 0.1) is 0 Å². The van der Waals surface area contributed by atoms with E-state index in [-0.39, 0.29) is 0 Å². The van der Waals surface area contributed by atoms with Crippen LogP contribution in [0.4, 0.5) is 5.82 Å². The highest BCUT2D eigenvalue weighted by molar-refractivity contribution is 5.92. The molecule has 0 radical (unpaired) electrons. The topological polar surface area (TPSA) is 19.4 Å². The second-order valence-corrected chi connectivity index (χ2v) is 7.32. The number of pyridine rings is 1. The Morgan fingerprint density at radius 2 is 1.68 bits per heavy atom. The van der Waals surface area contributed by atoms with Gasteiger partial charge >= 0.3 is 0 Å². The maximum atomic E-state index is 4.65. The number of hydrogen-bond donors (Lipinski definition) is 0. The third kappa shape index (κ3) is 1.95. The van der Waals surface area contributed by atoms with Crippen LogP contribution in [-0.2, 0) is 0 Å². The molecule has 3 heteroatoms. The zero-order chi connectivity index (χ0) is 14.5. The molecule has 3 fully saturated rings. The van der Waals surface area contributed by atoms with E-state index in [0.717, 1.165) is 31.0 Å². The van der Waals surface area contributed by atoms with Crippen LogP contribution in [0.3, 0.4) is 0 Å². The largest absolute Gasteiger partial charge is 0.353 e. The lowest BCUT2D eigenvalue weighted by molar-refractivity contribution is 0.190. The summed E-state index contributed by atoms with van der Waals surface area (Å²) in [6.45, 7) is 5.01. The summed E-state index contributed by atoms with van der Waals surface area (Å²) >= 11 is 0. The van der Waals surface area contributed by atoms with Gasteiger partial charge < -0.3 is 4.90 Å². The molecule has 2 unspecified atom stereocenters. The van der Waals surface area contributed by atoms with E-state index in [1.165, 1.54) is 48.9 Å². The molecular formula is C19H23N3. The molecule has 1 aliphatic carbocycles. The Kier molecular flexibility index (Phi) is 2.90. The van der Waals surface area contributed by atoms with Crippen molar-refractivity contribution < 1.29 is 0 Å². The van der Waals surface area contributed by atoms with E-state index in [1.807, 2.05) is 6.20 Å². The molecular weight excluding hydrogens is 270 g/mol. The van der Waals surface area contributed by atoms with Gasteiger partial charge in [0.1, 0.15) is 5.82 Å². The van der Waals surface area contributed by atoms with Gasteiger partial charge in [-0.05, 0) is 36.1 Å². The summed E-state index contributed by atoms with van der Waals surface area (Å²) in [5.74, 6) is 3.18. The Hall–Kier alpha value is -1.61. The van der Waals surface area contributed by atoms with Crippen molar-refractivity contribution in [3.63, 3.8) is 0 Å². The molecule has 3 aliphatic rings. The predicted molar refractivity (Wildman–Crippen MR) is 90.1 cm³/mol. The minimum Gasteiger partial charge on any atom is -0.353 e. The molecule has 0 N–H and O–H groups in total. The van der Waals surface area contributed by atoms with Crippen molar-refractivity contribution in [3.05, 3.63) is 36.5 Å². The predicted octanol–water partition coefficient (Wildman–Crippen LogP) is 3.16. The molecule has 2 aromatic rings. The highest BCUT2D eigenvalue weighted by Crippen LogP contribution is 2.40. The highest BCUT2D eigenvalue weighted by Gasteiger charge is 2.42. The van der Waals surface area contributed by atoms with E-state index in [2.05, 4.69) is 45.1 Å². The smallest absolute Gasteiger partial charge is 0.136 e. The molecule has 3 heterocycles. The number of likely N-dealkylation sites (tertiary alicyclic amines) is 1. The molecule has 5 rings (SSSR count). The summed E-state index contributed by atoms with van der Waals surface area (Å²) in [7, 11) is 0. The van der Waals surface area contributed by atoms with Crippen molar-refractivity contribution in [2.75, 3.05) is 31.1 Å². The van der Waals surface area contributed by atoms with E-state index < -0.39 is 0 Å². The lowest BCUT2D eigenvalue weighted by Crippen LogP contribution is -2.59. The molecule has 1 aromatic heterocycles. The van der Waals surface area contributed by atoms with Crippen LogP contribution in [0.25, 0.3) is 10.8 Å². The Balaban J connectivity index is 1.31. The monoisotopic (exact) mass is 293 g/mol. The maximum Gasteiger partial charge on any atom is 0.136 e. The van der Waals surface area contributed by atoms with Gasteiger partial charge in [-0.2, -0.15) is 0 Å². The average Bonchev–Trinajstić information content (AvgIpc) is 3.07. The van der Waals surface area contributed by atoms with Gasteiger partial charge in [0, 0.05) is 43.8 Å². The SMILES string of the molecule is c1ccc2c(N3CC(N4CC5CCCC5C4)C3)nccc2c1. The number of aromatic nitrogens is 1. The highest BCUT2D eigenvalue weighted by atomic mass is 15.3. The summed E-state index contributed by atoms with van der Waals surface area (Å²) in [5.41, 5.74) is 0. The van der Waals surface area contributed by atoms with Gasteiger partial charge in [-0.25, -0.2) is 4.98 Å². The van der Waals surface area contributed by atoms with E-state index in [9.17, 15) is 0 Å². The lowest BCUT2D eigenvalue weighted by atomic mass is 10.0. The molecule has 3 nitrogen and oxygen atoms in total. The minimum absolute atomic E-state index is 0.756. The Morgan fingerprint density at radius 1 is 0.909 bits per heavy atom. The summed E-state index contributed by atoms with van der Waals surface area (Å²) in [5, 5.41) is 2.59. The van der Waals surface area contributed by atoms with Gasteiger partial charge in [-0.1, -0.05) is 30.7 Å². The van der Waals surface area contributed by atoms with Crippen molar-refractivity contribution in [1.82, 2.24) is 9.88 Å². The Labute approximate surface area is 131 Å². The molecule has 0 amide bonds. The van der Waals surface area contributed by atoms with Crippen LogP contribution < -0.4 is 4.90 Å². The number of benzene rings is 1. The number of rotatable bonds is 2. The summed E-state index contributed by atoms with van der Waals surface area (Å²) in [6, 6.07) is 11.5. The van der Waals surface area contributed by atoms with Gasteiger partial charge in [0.15, 0.2) is 0 Å². The van der Waals surface area contributed by atoms with Crippen molar-refractivity contribution in [2.24, 2.45) is 11.8 Å². The zero-order valence-corrected chi connectivity index (χ0v) is 13.0. The number of hydrogen-bond acceptors (Lipinski definition) is 3. The molecule has 0 spiro atoms. The normalized spacial score (nSPS) is 29.0. The third-order valence-corrected chi connectivity index (χ3v) is 6.09. The van der Waals surface area contributed by atoms with Crippen molar-refractivity contribution >= 4 is 16.6 Å². The Bertz CT molecular complexity index is 675. The van der Waals surface area contributed by atoms with Crippen LogP contribution >= 0.6 is 0 Å². The van der Waals surface area contributed by atoms with Crippen molar-refractivity contribution in [2.45, 2.75) is 25.3 Å². The summed E-state index contributed by atoms with van der Waals surface area (Å²) < 4.78 is 0. The second kappa shape index (κ2) is 4.95. The second-order valence-electron chi connectivity index (χ2n) is 7.32. The fourth-order valence-corrected chi connectivity index (χ4v) is 4.78. The van der Waals surface area contributed by atoms with Crippen LogP contribution in [0.1, 0.15) is 19.3 Å². The average molecular weight is 293 g/mol. The van der Waals surface area contributed by atoms with Crippen LogP contribution in [0.5, 0.6) is 0 Å². The van der Waals surface area contributed by atoms with Crippen LogP contribution in [0, 0.1) is 11.8 Å². The van der Waals surface area contributed by atoms with Gasteiger partial charge in [-0.3, -0.25) is 4.90 Å². The molecule has 0 bridgehead atoms. The van der Waals surface area contributed by atoms with Crippen LogP contribution in [0.15, 0.2) is 36.5 Å². The summed E-state index contributed by atoms with van der Waals surface area (Å²) in [4.78, 5) is 9.87. The first-order valence-corrected chi connectivity index (χ1v) is 8.71. The first-order chi connectivity index (χ1) is 10.9. The number of anilines is 1. The maximum absolute atomic E-state index is 4.65. The van der Waals surface area contributed by atoms with Crippen molar-refractivity contribution in [1.29, 1.82) is 0 Å². The first kappa shape index (κ1) is 12.9. The van der Waals surface area contributed by atoms with E-state index >= 15 is 0 Å². The molecule has 1 saturated carbocycles. The standard InChI is InChI=1S/C19H23N3/c1-2-7-18-14(4-1)8-9-20-19(18)22-12-17(13-22)21-10-15-5-3-6-16(15)11-21/h1-2,4,7-9,15-17H,3,5-6,10-13H2. The molecule has 1 aromatic carbocycles. The fourth-order valence-electron chi connectivity index (χ4n) is 4.78. The fraction of sp³-hybridized carbons (Fsp3) is 0.526. The quantitative estimate of drug-likeness (QED) is 0.848. The number of nitrogens with zero attached hydrogens (tertiary/aromatic N) is 3. The molecule has 22 heavy (non-hydrogen) atoms. The summed E-state index contributed by atoms with van der Waals surface area (Å²) in [6.07, 6.45) is 6.37. The lowest BCUT2D eigenvalue weighted by Gasteiger charge is -2.45. The van der Waals surface area contributed by atoms with E-state index in [1.54, 1.807) is 0 Å². The first-order valence-electron chi connectivity index (χ1n) is 8.71. The van der Waals surface area contributed by atoms with E-state index in [0.29, 0.717) is 0 Å². The van der Waals surface area contributed by atoms with E-state index in [4.69, 9.17) is 0 Å². The molecule has 2 atom stereocenters. The molecule has 2 aliphatic heterocycles. The van der Waals surface area contributed by atoms with Gasteiger partial charge in [0.25, 0.3) is 0 Å². The minimum atomic E-state index is 0.756. The molecule has 2 saturated heterocycles. The van der Waals surface area contributed by atoms with Crippen molar-refractivity contribution in [3.8, 4) is 0 Å². The van der Waals surface area contributed by atoms with Gasteiger partial charge in [-0.15, -0.1) is 0 Å². The zero-order valence-electron chi connectivity index (χ0n) is 13.0. The van der Waals surface area contributed by atoms with Gasteiger partial charge in [0.2, 0.25) is 0 Å². The molecule has 114 valence electrons. The van der Waals surface area contributed by atoms with Crippen LogP contribution in [0.2, 0.25) is 0 Å². The third-order valence-electron chi connectivity index (χ3n) is 6.09.